The summed E-state index contributed by atoms with van der Waals surface area (Å²) in [6, 6.07) is 1.52. The molecule has 6 heteroatoms. The molecule has 0 amide bonds. The number of rotatable bonds is 5. The first-order chi connectivity index (χ1) is 9.03. The van der Waals surface area contributed by atoms with E-state index in [-0.39, 0.29) is 12.6 Å². The highest BCUT2D eigenvalue weighted by molar-refractivity contribution is 7.91. The Kier molecular flexibility index (Phi) is 5.00. The molecule has 1 aromatic heterocycles. The molecule has 1 heterocycles. The molecule has 1 aliphatic rings. The van der Waals surface area contributed by atoms with Crippen LogP contribution in [0.3, 0.4) is 0 Å². The Bertz CT molecular complexity index is 504. The maximum absolute atomic E-state index is 12.2. The van der Waals surface area contributed by atoms with Gasteiger partial charge >= 0.3 is 0 Å². The summed E-state index contributed by atoms with van der Waals surface area (Å²) in [7, 11) is -3.44. The van der Waals surface area contributed by atoms with E-state index in [1.165, 1.54) is 19.3 Å². The summed E-state index contributed by atoms with van der Waals surface area (Å²) in [5.41, 5.74) is 0.649. The Morgan fingerprint density at radius 3 is 2.68 bits per heavy atom. The lowest BCUT2D eigenvalue weighted by molar-refractivity contribution is 0.282. The minimum absolute atomic E-state index is 0.0232. The van der Waals surface area contributed by atoms with Gasteiger partial charge in [-0.25, -0.2) is 13.1 Å². The van der Waals surface area contributed by atoms with Crippen LogP contribution in [-0.4, -0.2) is 19.6 Å². The van der Waals surface area contributed by atoms with Crippen molar-refractivity contribution < 1.29 is 13.5 Å². The van der Waals surface area contributed by atoms with E-state index < -0.39 is 10.0 Å². The topological polar surface area (TPSA) is 66.4 Å². The maximum atomic E-state index is 12.2. The average molecular weight is 303 g/mol. The molecule has 1 aliphatic carbocycles. The first-order valence-electron chi connectivity index (χ1n) is 6.73. The fourth-order valence-electron chi connectivity index (χ4n) is 2.61. The molecule has 2 N–H and O–H groups in total. The van der Waals surface area contributed by atoms with E-state index >= 15 is 0 Å². The van der Waals surface area contributed by atoms with Gasteiger partial charge in [-0.2, -0.15) is 0 Å². The molecule has 1 atom stereocenters. The quantitative estimate of drug-likeness (QED) is 0.878. The number of hydrogen-bond donors (Lipinski definition) is 2. The molecular formula is C13H21NO3S2. The molecule has 0 aromatic carbocycles. The predicted molar refractivity (Wildman–Crippen MR) is 76.6 cm³/mol. The van der Waals surface area contributed by atoms with Crippen molar-refractivity contribution in [2.45, 2.75) is 55.9 Å². The highest BCUT2D eigenvalue weighted by Gasteiger charge is 2.25. The summed E-state index contributed by atoms with van der Waals surface area (Å²) < 4.78 is 27.5. The number of hydrogen-bond acceptors (Lipinski definition) is 4. The average Bonchev–Trinajstić information content (AvgIpc) is 2.89. The molecule has 1 aromatic rings. The predicted octanol–water partition coefficient (Wildman–Crippen LogP) is 2.49. The lowest BCUT2D eigenvalue weighted by atomic mass is 9.85. The van der Waals surface area contributed by atoms with Gasteiger partial charge in [0, 0.05) is 6.04 Å². The summed E-state index contributed by atoms with van der Waals surface area (Å²) in [6.45, 7) is 1.83. The van der Waals surface area contributed by atoms with Crippen LogP contribution in [0.15, 0.2) is 15.7 Å². The summed E-state index contributed by atoms with van der Waals surface area (Å²) >= 11 is 1.16. The highest BCUT2D eigenvalue weighted by atomic mass is 32.2. The van der Waals surface area contributed by atoms with E-state index in [4.69, 9.17) is 5.11 Å². The van der Waals surface area contributed by atoms with Crippen LogP contribution in [0.2, 0.25) is 0 Å². The van der Waals surface area contributed by atoms with Gasteiger partial charge in [0.2, 0.25) is 10.0 Å². The molecule has 108 valence electrons. The molecule has 0 saturated heterocycles. The van der Waals surface area contributed by atoms with Crippen molar-refractivity contribution in [2.75, 3.05) is 0 Å². The molecule has 0 bridgehead atoms. The number of nitrogens with one attached hydrogen (secondary N) is 1. The van der Waals surface area contributed by atoms with Gasteiger partial charge in [0.1, 0.15) is 4.21 Å². The van der Waals surface area contributed by atoms with Crippen LogP contribution in [0.4, 0.5) is 0 Å². The fraction of sp³-hybridized carbons (Fsp3) is 0.692. The minimum Gasteiger partial charge on any atom is -0.392 e. The zero-order valence-electron chi connectivity index (χ0n) is 11.1. The Morgan fingerprint density at radius 2 is 2.11 bits per heavy atom. The smallest absolute Gasteiger partial charge is 0.250 e. The third-order valence-corrected chi connectivity index (χ3v) is 6.82. The van der Waals surface area contributed by atoms with Crippen molar-refractivity contribution in [3.05, 3.63) is 17.0 Å². The summed E-state index contributed by atoms with van der Waals surface area (Å²) in [4.78, 5) is 0. The Labute approximate surface area is 118 Å². The molecule has 0 aliphatic heterocycles. The van der Waals surface area contributed by atoms with E-state index in [2.05, 4.69) is 4.72 Å². The maximum Gasteiger partial charge on any atom is 0.250 e. The highest BCUT2D eigenvalue weighted by Crippen LogP contribution is 2.28. The third-order valence-electron chi connectivity index (χ3n) is 3.78. The van der Waals surface area contributed by atoms with Crippen LogP contribution < -0.4 is 4.72 Å². The number of aliphatic hydroxyl groups excluding tert-OH is 1. The number of thiophene rings is 1. The van der Waals surface area contributed by atoms with Crippen LogP contribution >= 0.6 is 11.3 Å². The van der Waals surface area contributed by atoms with Crippen molar-refractivity contribution in [2.24, 2.45) is 5.92 Å². The first-order valence-corrected chi connectivity index (χ1v) is 9.10. The minimum atomic E-state index is -3.44. The Morgan fingerprint density at radius 1 is 1.42 bits per heavy atom. The fourth-order valence-corrected chi connectivity index (χ4v) is 5.14. The van der Waals surface area contributed by atoms with Gasteiger partial charge in [-0.05, 0) is 42.7 Å². The second-order valence-corrected chi connectivity index (χ2v) is 8.09. The zero-order chi connectivity index (χ0) is 13.9. The molecule has 1 unspecified atom stereocenters. The summed E-state index contributed by atoms with van der Waals surface area (Å²) in [5, 5.41) is 10.7. The molecule has 4 nitrogen and oxygen atoms in total. The largest absolute Gasteiger partial charge is 0.392 e. The van der Waals surface area contributed by atoms with E-state index in [1.807, 2.05) is 6.92 Å². The second-order valence-electron chi connectivity index (χ2n) is 5.24. The van der Waals surface area contributed by atoms with Crippen LogP contribution in [0.25, 0.3) is 0 Å². The summed E-state index contributed by atoms with van der Waals surface area (Å²) in [5.74, 6) is 0.445. The van der Waals surface area contributed by atoms with Crippen molar-refractivity contribution in [3.8, 4) is 0 Å². The van der Waals surface area contributed by atoms with Crippen molar-refractivity contribution in [3.63, 3.8) is 0 Å². The third kappa shape index (κ3) is 3.78. The van der Waals surface area contributed by atoms with Gasteiger partial charge in [-0.3, -0.25) is 0 Å². The van der Waals surface area contributed by atoms with Crippen molar-refractivity contribution in [1.29, 1.82) is 0 Å². The van der Waals surface area contributed by atoms with Crippen LogP contribution in [0.1, 0.15) is 44.6 Å². The van der Waals surface area contributed by atoms with Gasteiger partial charge in [-0.1, -0.05) is 19.3 Å². The van der Waals surface area contributed by atoms with Gasteiger partial charge < -0.3 is 5.11 Å². The first kappa shape index (κ1) is 15.0. The summed E-state index contributed by atoms with van der Waals surface area (Å²) in [6.07, 6.45) is 5.88. The van der Waals surface area contributed by atoms with Crippen molar-refractivity contribution in [1.82, 2.24) is 4.72 Å². The molecule has 0 spiro atoms. The number of sulfonamides is 1. The van der Waals surface area contributed by atoms with Gasteiger partial charge in [0.05, 0.1) is 6.61 Å². The Balaban J connectivity index is 2.03. The van der Waals surface area contributed by atoms with E-state index in [0.29, 0.717) is 15.7 Å². The second kappa shape index (κ2) is 6.35. The molecule has 0 radical (unpaired) electrons. The van der Waals surface area contributed by atoms with Crippen molar-refractivity contribution >= 4 is 21.4 Å². The normalized spacial score (nSPS) is 19.5. The van der Waals surface area contributed by atoms with E-state index in [1.54, 1.807) is 11.4 Å². The molecule has 2 rings (SSSR count). The molecule has 1 fully saturated rings. The lowest BCUT2D eigenvalue weighted by Gasteiger charge is -2.27. The number of aliphatic hydroxyl groups is 1. The zero-order valence-corrected chi connectivity index (χ0v) is 12.8. The Hall–Kier alpha value is -0.430. The van der Waals surface area contributed by atoms with E-state index in [0.717, 1.165) is 24.2 Å². The van der Waals surface area contributed by atoms with Gasteiger partial charge in [0.25, 0.3) is 0 Å². The molecular weight excluding hydrogens is 282 g/mol. The lowest BCUT2D eigenvalue weighted by Crippen LogP contribution is -2.38. The van der Waals surface area contributed by atoms with Crippen LogP contribution in [-0.2, 0) is 16.6 Å². The molecule has 1 saturated carbocycles. The van der Waals surface area contributed by atoms with Crippen LogP contribution in [0, 0.1) is 5.92 Å². The standard InChI is InChI=1S/C13H21NO3S2/c1-10(12-5-3-2-4-6-12)14-19(16,17)13-7-11(8-15)9-18-13/h7,9-10,12,14-15H,2-6,8H2,1H3. The van der Waals surface area contributed by atoms with Gasteiger partial charge in [-0.15, -0.1) is 11.3 Å². The molecule has 19 heavy (non-hydrogen) atoms. The monoisotopic (exact) mass is 303 g/mol. The van der Waals surface area contributed by atoms with Crippen LogP contribution in [0.5, 0.6) is 0 Å². The SMILES string of the molecule is CC(NS(=O)(=O)c1cc(CO)cs1)C1CCCCC1. The van der Waals surface area contributed by atoms with Gasteiger partial charge in [0.15, 0.2) is 0 Å². The van der Waals surface area contributed by atoms with E-state index in [9.17, 15) is 8.42 Å².